The number of nitrogens with zero attached hydrogens (tertiary/aromatic N) is 3. The number of hydrazine groups is 1. The Morgan fingerprint density at radius 1 is 0.852 bits per heavy atom. The minimum Gasteiger partial charge on any atom is -0.367 e. The summed E-state index contributed by atoms with van der Waals surface area (Å²) in [6.45, 7) is 3.65. The molecule has 3 heterocycles. The van der Waals surface area contributed by atoms with E-state index in [2.05, 4.69) is 70.8 Å². The van der Waals surface area contributed by atoms with E-state index in [0.717, 1.165) is 11.6 Å². The zero-order chi connectivity index (χ0) is 18.2. The van der Waals surface area contributed by atoms with Crippen LogP contribution >= 0.6 is 0 Å². The van der Waals surface area contributed by atoms with Crippen LogP contribution in [0.4, 0.5) is 11.4 Å². The third kappa shape index (κ3) is 3.10. The molecule has 0 aromatic heterocycles. The number of anilines is 2. The van der Waals surface area contributed by atoms with Crippen LogP contribution in [0.1, 0.15) is 6.42 Å². The molecule has 2 atom stereocenters. The van der Waals surface area contributed by atoms with E-state index in [9.17, 15) is 0 Å². The van der Waals surface area contributed by atoms with Gasteiger partial charge in [0.1, 0.15) is 0 Å². The van der Waals surface area contributed by atoms with Crippen LogP contribution in [0.15, 0.2) is 73.1 Å². The van der Waals surface area contributed by atoms with E-state index in [1.807, 2.05) is 29.6 Å². The van der Waals surface area contributed by atoms with Crippen LogP contribution in [-0.4, -0.2) is 37.6 Å². The van der Waals surface area contributed by atoms with Gasteiger partial charge < -0.3 is 15.2 Å². The Labute approximate surface area is 161 Å². The number of allylic oxidation sites excluding steroid dienone is 2. The highest BCUT2D eigenvalue weighted by Gasteiger charge is 2.39. The van der Waals surface area contributed by atoms with Crippen molar-refractivity contribution in [1.29, 1.82) is 0 Å². The zero-order valence-electron chi connectivity index (χ0n) is 15.8. The lowest BCUT2D eigenvalue weighted by Gasteiger charge is -2.26. The Hall–Kier alpha value is -2.72. The van der Waals surface area contributed by atoms with Gasteiger partial charge in [-0.3, -0.25) is 5.01 Å². The fraction of sp³-hybridized carbons (Fsp3) is 0.304. The molecule has 3 aliphatic rings. The van der Waals surface area contributed by atoms with Crippen LogP contribution in [0.3, 0.4) is 0 Å². The lowest BCUT2D eigenvalue weighted by molar-refractivity contribution is 0.386. The fourth-order valence-electron chi connectivity index (χ4n) is 4.67. The molecule has 4 heteroatoms. The quantitative estimate of drug-likeness (QED) is 0.900. The molecule has 2 aromatic carbocycles. The SMILES string of the molecule is CN1C[C@H]2CCN(c3ccc(-c4ccc(N5C=CC=CN5)cc4)cc3)[C@H]2C1. The van der Waals surface area contributed by atoms with Crippen molar-refractivity contribution < 1.29 is 0 Å². The summed E-state index contributed by atoms with van der Waals surface area (Å²) in [5.41, 5.74) is 8.23. The topological polar surface area (TPSA) is 21.8 Å². The molecule has 1 N–H and O–H groups in total. The fourth-order valence-corrected chi connectivity index (χ4v) is 4.67. The molecule has 2 fully saturated rings. The van der Waals surface area contributed by atoms with Gasteiger partial charge in [-0.15, -0.1) is 0 Å². The van der Waals surface area contributed by atoms with Gasteiger partial charge in [-0.05, 0) is 66.9 Å². The predicted octanol–water partition coefficient (Wildman–Crippen LogP) is 3.85. The number of hydrogen-bond donors (Lipinski definition) is 1. The van der Waals surface area contributed by atoms with E-state index < -0.39 is 0 Å². The summed E-state index contributed by atoms with van der Waals surface area (Å²) in [5, 5.41) is 2.01. The summed E-state index contributed by atoms with van der Waals surface area (Å²) in [7, 11) is 2.24. The Morgan fingerprint density at radius 3 is 2.22 bits per heavy atom. The van der Waals surface area contributed by atoms with Crippen LogP contribution in [0.25, 0.3) is 11.1 Å². The minimum absolute atomic E-state index is 0.694. The average Bonchev–Trinajstić information content (AvgIpc) is 3.28. The monoisotopic (exact) mass is 358 g/mol. The molecule has 0 amide bonds. The molecular formula is C23H26N4. The van der Waals surface area contributed by atoms with Crippen molar-refractivity contribution in [2.45, 2.75) is 12.5 Å². The van der Waals surface area contributed by atoms with Crippen LogP contribution in [0, 0.1) is 5.92 Å². The van der Waals surface area contributed by atoms with Gasteiger partial charge in [-0.2, -0.15) is 0 Å². The van der Waals surface area contributed by atoms with Crippen molar-refractivity contribution in [2.24, 2.45) is 5.92 Å². The summed E-state index contributed by atoms with van der Waals surface area (Å²) in [6.07, 6.45) is 9.28. The molecule has 2 saturated heterocycles. The van der Waals surface area contributed by atoms with E-state index in [-0.39, 0.29) is 0 Å². The number of nitrogens with one attached hydrogen (secondary N) is 1. The molecule has 4 nitrogen and oxygen atoms in total. The summed E-state index contributed by atoms with van der Waals surface area (Å²) in [5.74, 6) is 0.842. The van der Waals surface area contributed by atoms with Gasteiger partial charge in [0.05, 0.1) is 5.69 Å². The van der Waals surface area contributed by atoms with Crippen molar-refractivity contribution in [1.82, 2.24) is 10.3 Å². The maximum absolute atomic E-state index is 3.21. The molecule has 138 valence electrons. The van der Waals surface area contributed by atoms with Gasteiger partial charge in [0.2, 0.25) is 0 Å². The van der Waals surface area contributed by atoms with Crippen molar-refractivity contribution in [2.75, 3.05) is 36.6 Å². The van der Waals surface area contributed by atoms with Crippen LogP contribution in [-0.2, 0) is 0 Å². The molecule has 3 aliphatic heterocycles. The number of likely N-dealkylation sites (tertiary alicyclic amines) is 1. The normalized spacial score (nSPS) is 24.3. The Kier molecular flexibility index (Phi) is 4.13. The van der Waals surface area contributed by atoms with Gasteiger partial charge in [0, 0.05) is 43.8 Å². The maximum Gasteiger partial charge on any atom is 0.0623 e. The standard InChI is InChI=1S/C23H26N4/c1-25-16-20-12-15-26(23(20)17-25)21-8-4-18(5-9-21)19-6-10-22(11-7-19)27-14-3-2-13-24-27/h2-11,13-14,20,23-24H,12,15-17H2,1H3/t20-,23+/m1/s1. The zero-order valence-corrected chi connectivity index (χ0v) is 15.8. The number of hydrogen-bond acceptors (Lipinski definition) is 4. The van der Waals surface area contributed by atoms with E-state index in [0.29, 0.717) is 6.04 Å². The first-order valence-electron chi connectivity index (χ1n) is 9.82. The second-order valence-electron chi connectivity index (χ2n) is 7.82. The Balaban J connectivity index is 1.32. The first-order valence-corrected chi connectivity index (χ1v) is 9.82. The molecule has 27 heavy (non-hydrogen) atoms. The molecule has 0 spiro atoms. The van der Waals surface area contributed by atoms with Crippen molar-refractivity contribution in [3.8, 4) is 11.1 Å². The second-order valence-corrected chi connectivity index (χ2v) is 7.82. The molecule has 2 aromatic rings. The first kappa shape index (κ1) is 16.5. The van der Waals surface area contributed by atoms with E-state index in [1.54, 1.807) is 0 Å². The summed E-state index contributed by atoms with van der Waals surface area (Å²) >= 11 is 0. The third-order valence-corrected chi connectivity index (χ3v) is 6.06. The molecule has 0 unspecified atom stereocenters. The largest absolute Gasteiger partial charge is 0.367 e. The number of likely N-dealkylation sites (N-methyl/N-ethyl adjacent to an activating group) is 1. The van der Waals surface area contributed by atoms with E-state index in [4.69, 9.17) is 0 Å². The summed E-state index contributed by atoms with van der Waals surface area (Å²) in [4.78, 5) is 5.09. The Bertz CT molecular complexity index is 853. The number of rotatable bonds is 3. The van der Waals surface area contributed by atoms with Gasteiger partial charge >= 0.3 is 0 Å². The average molecular weight is 358 g/mol. The van der Waals surface area contributed by atoms with Crippen molar-refractivity contribution in [3.63, 3.8) is 0 Å². The smallest absolute Gasteiger partial charge is 0.0623 e. The molecular weight excluding hydrogens is 332 g/mol. The van der Waals surface area contributed by atoms with Gasteiger partial charge in [-0.25, -0.2) is 0 Å². The summed E-state index contributed by atoms with van der Waals surface area (Å²) in [6, 6.07) is 18.5. The lowest BCUT2D eigenvalue weighted by atomic mass is 10.0. The van der Waals surface area contributed by atoms with Crippen molar-refractivity contribution >= 4 is 11.4 Å². The van der Waals surface area contributed by atoms with Crippen LogP contribution < -0.4 is 15.3 Å². The molecule has 0 aliphatic carbocycles. The molecule has 5 rings (SSSR count). The van der Waals surface area contributed by atoms with Gasteiger partial charge in [0.15, 0.2) is 0 Å². The lowest BCUT2D eigenvalue weighted by Crippen LogP contribution is -2.34. The minimum atomic E-state index is 0.694. The van der Waals surface area contributed by atoms with E-state index >= 15 is 0 Å². The van der Waals surface area contributed by atoms with E-state index in [1.165, 1.54) is 42.9 Å². The van der Waals surface area contributed by atoms with Gasteiger partial charge in [0.25, 0.3) is 0 Å². The molecule has 0 radical (unpaired) electrons. The van der Waals surface area contributed by atoms with Crippen LogP contribution in [0.2, 0.25) is 0 Å². The number of benzene rings is 2. The first-order chi connectivity index (χ1) is 13.3. The molecule has 0 bridgehead atoms. The second kappa shape index (κ2) is 6.78. The van der Waals surface area contributed by atoms with Gasteiger partial charge in [-0.1, -0.05) is 24.3 Å². The summed E-state index contributed by atoms with van der Waals surface area (Å²) < 4.78 is 0. The highest BCUT2D eigenvalue weighted by Crippen LogP contribution is 2.35. The number of fused-ring (bicyclic) bond motifs is 1. The Morgan fingerprint density at radius 2 is 1.56 bits per heavy atom. The predicted molar refractivity (Wildman–Crippen MR) is 113 cm³/mol. The third-order valence-electron chi connectivity index (χ3n) is 6.06. The highest BCUT2D eigenvalue weighted by molar-refractivity contribution is 5.69. The van der Waals surface area contributed by atoms with Crippen molar-refractivity contribution in [3.05, 3.63) is 73.1 Å². The molecule has 0 saturated carbocycles. The maximum atomic E-state index is 3.21. The van der Waals surface area contributed by atoms with Crippen LogP contribution in [0.5, 0.6) is 0 Å². The highest BCUT2D eigenvalue weighted by atomic mass is 15.5.